The fourth-order valence-electron chi connectivity index (χ4n) is 1.67. The molecule has 0 aliphatic heterocycles. The smallest absolute Gasteiger partial charge is 0.108 e. The van der Waals surface area contributed by atoms with Gasteiger partial charge in [0.25, 0.3) is 0 Å². The normalized spacial score (nSPS) is 48.9. The fraction of sp³-hybridized carbons (Fsp3) is 1.00. The van der Waals surface area contributed by atoms with Crippen molar-refractivity contribution >= 4 is 0 Å². The van der Waals surface area contributed by atoms with Crippen LogP contribution in [0.2, 0.25) is 0 Å². The first-order chi connectivity index (χ1) is 4.64. The predicted molar refractivity (Wildman–Crippen MR) is 38.3 cm³/mol. The van der Waals surface area contributed by atoms with Crippen molar-refractivity contribution in [3.8, 4) is 0 Å². The molecule has 0 saturated heterocycles. The number of alkyl halides is 1. The van der Waals surface area contributed by atoms with Crippen LogP contribution in [0.1, 0.15) is 26.2 Å². The Kier molecular flexibility index (Phi) is 1.14. The van der Waals surface area contributed by atoms with E-state index < -0.39 is 6.17 Å². The summed E-state index contributed by atoms with van der Waals surface area (Å²) in [6, 6.07) is 0.141. The van der Waals surface area contributed by atoms with Crippen LogP contribution in [0.5, 0.6) is 0 Å². The van der Waals surface area contributed by atoms with Crippen LogP contribution in [0.4, 0.5) is 4.39 Å². The number of nitrogens with two attached hydrogens (primary N) is 1. The van der Waals surface area contributed by atoms with Gasteiger partial charge in [0.05, 0.1) is 0 Å². The molecule has 2 aliphatic carbocycles. The molecule has 3 atom stereocenters. The summed E-state index contributed by atoms with van der Waals surface area (Å²) in [6.45, 7) is 1.97. The van der Waals surface area contributed by atoms with Gasteiger partial charge in [-0.3, -0.25) is 0 Å². The molecule has 3 unspecified atom stereocenters. The molecule has 0 bridgehead atoms. The predicted octanol–water partition coefficient (Wildman–Crippen LogP) is 1.47. The second-order valence-corrected chi connectivity index (χ2v) is 4.04. The van der Waals surface area contributed by atoms with Gasteiger partial charge in [0, 0.05) is 11.5 Å². The maximum Gasteiger partial charge on any atom is 0.108 e. The van der Waals surface area contributed by atoms with Gasteiger partial charge in [-0.1, -0.05) is 6.92 Å². The molecule has 0 spiro atoms. The Labute approximate surface area is 60.8 Å². The zero-order valence-electron chi connectivity index (χ0n) is 6.31. The number of hydrogen-bond acceptors (Lipinski definition) is 1. The monoisotopic (exact) mass is 143 g/mol. The third-order valence-electron chi connectivity index (χ3n) is 3.07. The molecule has 0 radical (unpaired) electrons. The Morgan fingerprint density at radius 1 is 1.60 bits per heavy atom. The highest BCUT2D eigenvalue weighted by Crippen LogP contribution is 2.55. The van der Waals surface area contributed by atoms with E-state index in [1.807, 2.05) is 6.92 Å². The summed E-state index contributed by atoms with van der Waals surface area (Å²) in [5, 5.41) is 0. The Hall–Kier alpha value is -0.110. The fourth-order valence-corrected chi connectivity index (χ4v) is 1.67. The first kappa shape index (κ1) is 6.59. The van der Waals surface area contributed by atoms with E-state index in [2.05, 4.69) is 0 Å². The van der Waals surface area contributed by atoms with E-state index in [-0.39, 0.29) is 11.5 Å². The Morgan fingerprint density at radius 2 is 2.10 bits per heavy atom. The molecule has 2 saturated carbocycles. The van der Waals surface area contributed by atoms with Gasteiger partial charge in [-0.05, 0) is 25.2 Å². The minimum absolute atomic E-state index is 0.138. The van der Waals surface area contributed by atoms with Crippen LogP contribution < -0.4 is 5.73 Å². The van der Waals surface area contributed by atoms with Gasteiger partial charge in [-0.25, -0.2) is 4.39 Å². The van der Waals surface area contributed by atoms with Gasteiger partial charge in [0.1, 0.15) is 6.17 Å². The minimum Gasteiger partial charge on any atom is -0.327 e. The number of rotatable bonds is 2. The van der Waals surface area contributed by atoms with Crippen molar-refractivity contribution < 1.29 is 4.39 Å². The summed E-state index contributed by atoms with van der Waals surface area (Å²) in [6.07, 6.45) is 2.54. The lowest BCUT2D eigenvalue weighted by molar-refractivity contribution is 0.308. The molecule has 1 nitrogen and oxygen atoms in total. The Balaban J connectivity index is 1.97. The van der Waals surface area contributed by atoms with Gasteiger partial charge in [0.15, 0.2) is 0 Å². The van der Waals surface area contributed by atoms with E-state index in [0.29, 0.717) is 12.3 Å². The van der Waals surface area contributed by atoms with Gasteiger partial charge < -0.3 is 5.73 Å². The standard InChI is InChI=1S/C8H14FN/c1-8(4-6(8)9)7(10)5-2-3-5/h5-7H,2-4,10H2,1H3. The molecule has 0 aromatic carbocycles. The summed E-state index contributed by atoms with van der Waals surface area (Å²) in [5.74, 6) is 0.644. The largest absolute Gasteiger partial charge is 0.327 e. The van der Waals surface area contributed by atoms with E-state index in [4.69, 9.17) is 5.73 Å². The highest BCUT2D eigenvalue weighted by Gasteiger charge is 2.58. The summed E-state index contributed by atoms with van der Waals surface area (Å²) in [5.41, 5.74) is 5.73. The third-order valence-corrected chi connectivity index (χ3v) is 3.07. The second-order valence-electron chi connectivity index (χ2n) is 4.04. The topological polar surface area (TPSA) is 26.0 Å². The molecule has 0 aromatic heterocycles. The van der Waals surface area contributed by atoms with Crippen molar-refractivity contribution in [3.63, 3.8) is 0 Å². The average Bonchev–Trinajstić information content (AvgIpc) is 2.70. The molecule has 2 rings (SSSR count). The van der Waals surface area contributed by atoms with Crippen LogP contribution in [-0.4, -0.2) is 12.2 Å². The molecule has 0 aromatic rings. The van der Waals surface area contributed by atoms with Crippen LogP contribution in [0.3, 0.4) is 0 Å². The SMILES string of the molecule is CC1(C(N)C2CC2)CC1F. The molecule has 2 aliphatic rings. The molecule has 58 valence electrons. The molecule has 0 heterocycles. The Morgan fingerprint density at radius 3 is 2.40 bits per heavy atom. The van der Waals surface area contributed by atoms with Crippen LogP contribution in [-0.2, 0) is 0 Å². The minimum atomic E-state index is -0.608. The van der Waals surface area contributed by atoms with E-state index in [9.17, 15) is 4.39 Å². The number of hydrogen-bond donors (Lipinski definition) is 1. The highest BCUT2D eigenvalue weighted by molar-refractivity contribution is 5.10. The molecule has 10 heavy (non-hydrogen) atoms. The van der Waals surface area contributed by atoms with Gasteiger partial charge in [0.2, 0.25) is 0 Å². The van der Waals surface area contributed by atoms with Crippen LogP contribution >= 0.6 is 0 Å². The average molecular weight is 143 g/mol. The summed E-state index contributed by atoms with van der Waals surface area (Å²) >= 11 is 0. The zero-order chi connectivity index (χ0) is 7.35. The van der Waals surface area contributed by atoms with Crippen molar-refractivity contribution in [2.75, 3.05) is 0 Å². The lowest BCUT2D eigenvalue weighted by Gasteiger charge is -2.17. The lowest BCUT2D eigenvalue weighted by Crippen LogP contribution is -2.33. The van der Waals surface area contributed by atoms with E-state index in [1.165, 1.54) is 12.8 Å². The zero-order valence-corrected chi connectivity index (χ0v) is 6.31. The third kappa shape index (κ3) is 0.782. The molecular formula is C8H14FN. The molecule has 2 N–H and O–H groups in total. The maximum atomic E-state index is 12.7. The first-order valence-corrected chi connectivity index (χ1v) is 4.04. The maximum absolute atomic E-state index is 12.7. The van der Waals surface area contributed by atoms with Crippen molar-refractivity contribution in [3.05, 3.63) is 0 Å². The highest BCUT2D eigenvalue weighted by atomic mass is 19.1. The van der Waals surface area contributed by atoms with Gasteiger partial charge >= 0.3 is 0 Å². The summed E-state index contributed by atoms with van der Waals surface area (Å²) in [7, 11) is 0. The first-order valence-electron chi connectivity index (χ1n) is 4.04. The van der Waals surface area contributed by atoms with Gasteiger partial charge in [-0.2, -0.15) is 0 Å². The van der Waals surface area contributed by atoms with Crippen molar-refractivity contribution in [1.29, 1.82) is 0 Å². The van der Waals surface area contributed by atoms with Crippen LogP contribution in [0, 0.1) is 11.3 Å². The Bertz CT molecular complexity index is 155. The van der Waals surface area contributed by atoms with Gasteiger partial charge in [-0.15, -0.1) is 0 Å². The van der Waals surface area contributed by atoms with Crippen LogP contribution in [0.15, 0.2) is 0 Å². The summed E-state index contributed by atoms with van der Waals surface area (Å²) < 4.78 is 12.7. The summed E-state index contributed by atoms with van der Waals surface area (Å²) in [4.78, 5) is 0. The van der Waals surface area contributed by atoms with E-state index >= 15 is 0 Å². The van der Waals surface area contributed by atoms with E-state index in [0.717, 1.165) is 0 Å². The lowest BCUT2D eigenvalue weighted by atomic mass is 9.95. The van der Waals surface area contributed by atoms with Crippen molar-refractivity contribution in [2.24, 2.45) is 17.1 Å². The quantitative estimate of drug-likeness (QED) is 0.622. The van der Waals surface area contributed by atoms with E-state index in [1.54, 1.807) is 0 Å². The van der Waals surface area contributed by atoms with Crippen molar-refractivity contribution in [2.45, 2.75) is 38.4 Å². The molecule has 2 fully saturated rings. The second kappa shape index (κ2) is 1.73. The molecule has 0 amide bonds. The van der Waals surface area contributed by atoms with Crippen molar-refractivity contribution in [1.82, 2.24) is 0 Å². The van der Waals surface area contributed by atoms with Crippen LogP contribution in [0.25, 0.3) is 0 Å². The molecule has 2 heteroatoms. The molecular weight excluding hydrogens is 129 g/mol. The number of halogens is 1.